The Balaban J connectivity index is 1.90. The van der Waals surface area contributed by atoms with Crippen LogP contribution in [-0.2, 0) is 6.54 Å². The summed E-state index contributed by atoms with van der Waals surface area (Å²) in [6.45, 7) is 0.292. The molecule has 8 heteroatoms. The third-order valence-corrected chi connectivity index (χ3v) is 3.38. The Bertz CT molecular complexity index is 776. The summed E-state index contributed by atoms with van der Waals surface area (Å²) in [6.07, 6.45) is 1.38. The minimum absolute atomic E-state index is 0.282. The van der Waals surface area contributed by atoms with Gasteiger partial charge in [0.25, 0.3) is 5.78 Å². The summed E-state index contributed by atoms with van der Waals surface area (Å²) in [5, 5.41) is 7.40. The van der Waals surface area contributed by atoms with Crippen LogP contribution in [0.1, 0.15) is 5.56 Å². The maximum absolute atomic E-state index is 13.7. The molecule has 0 radical (unpaired) electrons. The second-order valence-corrected chi connectivity index (χ2v) is 5.33. The lowest BCUT2D eigenvalue weighted by Crippen LogP contribution is -2.07. The first kappa shape index (κ1) is 13.3. The van der Waals surface area contributed by atoms with Crippen molar-refractivity contribution in [3.8, 4) is 0 Å². The minimum atomic E-state index is -0.282. The summed E-state index contributed by atoms with van der Waals surface area (Å²) >= 11 is 9.22. The second kappa shape index (κ2) is 5.34. The monoisotopic (exact) mass is 355 g/mol. The fourth-order valence-corrected chi connectivity index (χ4v) is 2.36. The number of anilines is 1. The van der Waals surface area contributed by atoms with Gasteiger partial charge in [-0.1, -0.05) is 27.5 Å². The Hall–Kier alpha value is -1.73. The summed E-state index contributed by atoms with van der Waals surface area (Å²) in [6, 6.07) is 6.38. The fourth-order valence-electron chi connectivity index (χ4n) is 1.77. The van der Waals surface area contributed by atoms with Crippen molar-refractivity contribution in [3.63, 3.8) is 0 Å². The van der Waals surface area contributed by atoms with Crippen LogP contribution in [0, 0.1) is 5.82 Å². The van der Waals surface area contributed by atoms with E-state index in [1.807, 2.05) is 0 Å². The van der Waals surface area contributed by atoms with Crippen molar-refractivity contribution in [1.29, 1.82) is 0 Å². The Labute approximate surface area is 126 Å². The number of nitrogens with zero attached hydrogens (tertiary/aromatic N) is 4. The average molecular weight is 357 g/mol. The van der Waals surface area contributed by atoms with E-state index < -0.39 is 0 Å². The normalized spacial score (nSPS) is 10.9. The van der Waals surface area contributed by atoms with Crippen molar-refractivity contribution in [3.05, 3.63) is 51.6 Å². The van der Waals surface area contributed by atoms with Gasteiger partial charge in [-0.3, -0.25) is 0 Å². The van der Waals surface area contributed by atoms with Crippen molar-refractivity contribution < 1.29 is 4.39 Å². The molecule has 102 valence electrons. The minimum Gasteiger partial charge on any atom is -0.366 e. The lowest BCUT2D eigenvalue weighted by molar-refractivity contribution is 0.612. The van der Waals surface area contributed by atoms with Gasteiger partial charge < -0.3 is 5.32 Å². The van der Waals surface area contributed by atoms with Crippen molar-refractivity contribution >= 4 is 39.1 Å². The molecule has 1 N–H and O–H groups in total. The molecule has 0 saturated heterocycles. The number of fused-ring (bicyclic) bond motifs is 1. The molecular formula is C12H8BrClFN5. The molecule has 0 aliphatic carbocycles. The molecular weight excluding hydrogens is 349 g/mol. The number of aromatic nitrogens is 4. The molecule has 0 aliphatic heterocycles. The first-order valence-corrected chi connectivity index (χ1v) is 6.84. The lowest BCUT2D eigenvalue weighted by atomic mass is 10.2. The first-order chi connectivity index (χ1) is 9.63. The molecule has 3 rings (SSSR count). The van der Waals surface area contributed by atoms with E-state index in [1.165, 1.54) is 16.9 Å². The maximum atomic E-state index is 13.7. The molecule has 0 fully saturated rings. The molecule has 0 amide bonds. The Morgan fingerprint density at radius 3 is 3.05 bits per heavy atom. The maximum Gasteiger partial charge on any atom is 0.255 e. The Morgan fingerprint density at radius 1 is 1.35 bits per heavy atom. The van der Waals surface area contributed by atoms with Gasteiger partial charge in [0.1, 0.15) is 23.1 Å². The molecule has 3 aromatic rings. The van der Waals surface area contributed by atoms with E-state index in [0.29, 0.717) is 28.9 Å². The molecule has 2 aromatic heterocycles. The van der Waals surface area contributed by atoms with Crippen LogP contribution in [0.25, 0.3) is 5.78 Å². The highest BCUT2D eigenvalue weighted by atomic mass is 79.9. The highest BCUT2D eigenvalue weighted by molar-refractivity contribution is 9.10. The molecule has 0 unspecified atom stereocenters. The summed E-state index contributed by atoms with van der Waals surface area (Å²) in [7, 11) is 0. The molecule has 2 heterocycles. The molecule has 0 atom stereocenters. The molecule has 1 aromatic carbocycles. The predicted molar refractivity (Wildman–Crippen MR) is 77.2 cm³/mol. The van der Waals surface area contributed by atoms with Crippen molar-refractivity contribution in [2.45, 2.75) is 6.54 Å². The van der Waals surface area contributed by atoms with E-state index in [-0.39, 0.29) is 5.82 Å². The standard InChI is InChI=1S/C12H8BrClFN5/c13-8-1-2-9(15)7(3-8)5-16-11-4-10(14)19-12-17-6-18-20(11)12/h1-4,6,16H,5H2. The summed E-state index contributed by atoms with van der Waals surface area (Å²) in [5.41, 5.74) is 0.528. The van der Waals surface area contributed by atoms with Crippen molar-refractivity contribution in [1.82, 2.24) is 19.6 Å². The molecule has 0 saturated carbocycles. The quantitative estimate of drug-likeness (QED) is 0.732. The van der Waals surface area contributed by atoms with Gasteiger partial charge in [0.2, 0.25) is 0 Å². The summed E-state index contributed by atoms with van der Waals surface area (Å²) in [5.74, 6) is 0.697. The van der Waals surface area contributed by atoms with Crippen molar-refractivity contribution in [2.75, 3.05) is 5.32 Å². The van der Waals surface area contributed by atoms with Crippen LogP contribution in [0.15, 0.2) is 35.1 Å². The van der Waals surface area contributed by atoms with E-state index in [1.54, 1.807) is 18.2 Å². The van der Waals surface area contributed by atoms with Gasteiger partial charge in [0.15, 0.2) is 0 Å². The SMILES string of the molecule is Fc1ccc(Br)cc1CNc1cc(Cl)nc2ncnn12. The van der Waals surface area contributed by atoms with Crippen LogP contribution in [0.2, 0.25) is 5.15 Å². The highest BCUT2D eigenvalue weighted by Crippen LogP contribution is 2.19. The van der Waals surface area contributed by atoms with E-state index in [9.17, 15) is 4.39 Å². The predicted octanol–water partition coefficient (Wildman–Crippen LogP) is 3.29. The number of halogens is 3. The Morgan fingerprint density at radius 2 is 2.20 bits per heavy atom. The van der Waals surface area contributed by atoms with Crippen LogP contribution < -0.4 is 5.32 Å². The first-order valence-electron chi connectivity index (χ1n) is 5.67. The van der Waals surface area contributed by atoms with E-state index in [2.05, 4.69) is 36.3 Å². The number of nitrogens with one attached hydrogen (secondary N) is 1. The zero-order chi connectivity index (χ0) is 14.1. The zero-order valence-electron chi connectivity index (χ0n) is 10.0. The zero-order valence-corrected chi connectivity index (χ0v) is 12.4. The summed E-state index contributed by atoms with van der Waals surface area (Å²) in [4.78, 5) is 7.98. The third-order valence-electron chi connectivity index (χ3n) is 2.69. The molecule has 0 spiro atoms. The van der Waals surface area contributed by atoms with Gasteiger partial charge in [-0.25, -0.2) is 4.39 Å². The molecule has 0 bridgehead atoms. The number of hydrogen-bond donors (Lipinski definition) is 1. The number of rotatable bonds is 3. The van der Waals surface area contributed by atoms with Crippen molar-refractivity contribution in [2.24, 2.45) is 0 Å². The smallest absolute Gasteiger partial charge is 0.255 e. The molecule has 5 nitrogen and oxygen atoms in total. The fraction of sp³-hybridized carbons (Fsp3) is 0.0833. The summed E-state index contributed by atoms with van der Waals surface area (Å²) < 4.78 is 16.0. The van der Waals surface area contributed by atoms with Gasteiger partial charge in [-0.2, -0.15) is 19.6 Å². The third kappa shape index (κ3) is 2.59. The van der Waals surface area contributed by atoms with E-state index in [4.69, 9.17) is 11.6 Å². The van der Waals surface area contributed by atoms with Crippen LogP contribution in [0.4, 0.5) is 10.2 Å². The van der Waals surface area contributed by atoms with Gasteiger partial charge in [-0.05, 0) is 18.2 Å². The Kier molecular flexibility index (Phi) is 3.54. The van der Waals surface area contributed by atoms with Crippen LogP contribution >= 0.6 is 27.5 Å². The second-order valence-electron chi connectivity index (χ2n) is 4.03. The largest absolute Gasteiger partial charge is 0.366 e. The molecule has 20 heavy (non-hydrogen) atoms. The average Bonchev–Trinajstić information content (AvgIpc) is 2.87. The lowest BCUT2D eigenvalue weighted by Gasteiger charge is -2.09. The van der Waals surface area contributed by atoms with Gasteiger partial charge >= 0.3 is 0 Å². The number of benzene rings is 1. The van der Waals surface area contributed by atoms with Gasteiger partial charge in [0.05, 0.1) is 0 Å². The highest BCUT2D eigenvalue weighted by Gasteiger charge is 2.08. The van der Waals surface area contributed by atoms with Crippen LogP contribution in [0.3, 0.4) is 0 Å². The topological polar surface area (TPSA) is 55.1 Å². The number of hydrogen-bond acceptors (Lipinski definition) is 4. The van der Waals surface area contributed by atoms with Crippen LogP contribution in [0.5, 0.6) is 0 Å². The van der Waals surface area contributed by atoms with Crippen LogP contribution in [-0.4, -0.2) is 19.6 Å². The molecule has 0 aliphatic rings. The van der Waals surface area contributed by atoms with E-state index in [0.717, 1.165) is 4.47 Å². The van der Waals surface area contributed by atoms with E-state index >= 15 is 0 Å². The van der Waals surface area contributed by atoms with Gasteiger partial charge in [0, 0.05) is 22.6 Å². The van der Waals surface area contributed by atoms with Gasteiger partial charge in [-0.15, -0.1) is 0 Å².